The summed E-state index contributed by atoms with van der Waals surface area (Å²) in [6, 6.07) is 3.20. The standard InChI is InChI=1S/C17H13IO6/c1-23-15(21)17(16(22)24-2)6-8-3-10-11(4-9(8)7-17)14(20)12(18)5-13(10)19/h3-5H,6-7H2,1-2H3. The Morgan fingerprint density at radius 3 is 2.00 bits per heavy atom. The Bertz CT molecular complexity index is 820. The number of Topliss-reactive ketones (excluding diaryl/α,β-unsaturated/α-hetero) is 1. The average molecular weight is 440 g/mol. The van der Waals surface area contributed by atoms with E-state index in [0.29, 0.717) is 25.8 Å². The van der Waals surface area contributed by atoms with Gasteiger partial charge in [0.1, 0.15) is 0 Å². The molecule has 2 aliphatic carbocycles. The van der Waals surface area contributed by atoms with Gasteiger partial charge >= 0.3 is 11.9 Å². The first-order valence-corrected chi connectivity index (χ1v) is 8.21. The van der Waals surface area contributed by atoms with Crippen LogP contribution in [0.25, 0.3) is 0 Å². The van der Waals surface area contributed by atoms with Crippen LogP contribution < -0.4 is 0 Å². The number of allylic oxidation sites excluding steroid dienone is 2. The largest absolute Gasteiger partial charge is 0.468 e. The van der Waals surface area contributed by atoms with Crippen molar-refractivity contribution in [3.8, 4) is 0 Å². The molecule has 0 N–H and O–H groups in total. The fourth-order valence-corrected chi connectivity index (χ4v) is 3.85. The van der Waals surface area contributed by atoms with Gasteiger partial charge in [0.15, 0.2) is 17.0 Å². The number of halogens is 1. The minimum Gasteiger partial charge on any atom is -0.468 e. The molecule has 1 aromatic rings. The molecule has 0 fully saturated rings. The number of esters is 2. The summed E-state index contributed by atoms with van der Waals surface area (Å²) in [5, 5.41) is 0. The van der Waals surface area contributed by atoms with Crippen molar-refractivity contribution in [2.24, 2.45) is 5.41 Å². The fourth-order valence-electron chi connectivity index (χ4n) is 3.27. The van der Waals surface area contributed by atoms with E-state index in [1.165, 1.54) is 20.3 Å². The van der Waals surface area contributed by atoms with Crippen LogP contribution in [0, 0.1) is 5.41 Å². The van der Waals surface area contributed by atoms with Gasteiger partial charge in [0, 0.05) is 17.2 Å². The van der Waals surface area contributed by atoms with Crippen molar-refractivity contribution in [3.63, 3.8) is 0 Å². The number of methoxy groups -OCH3 is 2. The molecule has 0 unspecified atom stereocenters. The van der Waals surface area contributed by atoms with Gasteiger partial charge in [0.2, 0.25) is 0 Å². The highest BCUT2D eigenvalue weighted by Crippen LogP contribution is 2.41. The van der Waals surface area contributed by atoms with E-state index in [1.54, 1.807) is 12.1 Å². The van der Waals surface area contributed by atoms with Crippen molar-refractivity contribution in [1.29, 1.82) is 0 Å². The third-order valence-corrected chi connectivity index (χ3v) is 5.26. The molecule has 0 spiro atoms. The molecular weight excluding hydrogens is 427 g/mol. The second-order valence-electron chi connectivity index (χ2n) is 5.77. The predicted octanol–water partition coefficient (Wildman–Crippen LogP) is 1.82. The van der Waals surface area contributed by atoms with E-state index >= 15 is 0 Å². The van der Waals surface area contributed by atoms with E-state index in [1.807, 2.05) is 22.6 Å². The average Bonchev–Trinajstić information content (AvgIpc) is 2.96. The summed E-state index contributed by atoms with van der Waals surface area (Å²) in [5.74, 6) is -1.87. The Kier molecular flexibility index (Phi) is 4.06. The summed E-state index contributed by atoms with van der Waals surface area (Å²) in [5.41, 5.74) is 0.483. The molecule has 124 valence electrons. The number of hydrogen-bond donors (Lipinski definition) is 0. The summed E-state index contributed by atoms with van der Waals surface area (Å²) in [6.07, 6.45) is 1.45. The summed E-state index contributed by atoms with van der Waals surface area (Å²) < 4.78 is 9.93. The number of carbonyl (C=O) groups is 4. The Morgan fingerprint density at radius 2 is 1.50 bits per heavy atom. The molecule has 0 aliphatic heterocycles. The molecule has 24 heavy (non-hydrogen) atoms. The number of ether oxygens (including phenoxy) is 2. The molecule has 3 rings (SSSR count). The van der Waals surface area contributed by atoms with Gasteiger partial charge in [-0.15, -0.1) is 0 Å². The van der Waals surface area contributed by atoms with Crippen molar-refractivity contribution in [2.45, 2.75) is 12.8 Å². The third-order valence-electron chi connectivity index (χ3n) is 4.46. The summed E-state index contributed by atoms with van der Waals surface area (Å²) in [6.45, 7) is 0. The number of hydrogen-bond acceptors (Lipinski definition) is 6. The number of carbonyl (C=O) groups excluding carboxylic acids is 4. The van der Waals surface area contributed by atoms with Crippen LogP contribution in [0.5, 0.6) is 0 Å². The van der Waals surface area contributed by atoms with Gasteiger partial charge in [0.25, 0.3) is 0 Å². The monoisotopic (exact) mass is 440 g/mol. The van der Waals surface area contributed by atoms with E-state index in [2.05, 4.69) is 0 Å². The van der Waals surface area contributed by atoms with Crippen LogP contribution in [0.3, 0.4) is 0 Å². The first-order valence-electron chi connectivity index (χ1n) is 7.13. The van der Waals surface area contributed by atoms with Crippen molar-refractivity contribution >= 4 is 46.1 Å². The maximum atomic E-state index is 12.3. The molecule has 0 aromatic heterocycles. The molecule has 1 aromatic carbocycles. The number of rotatable bonds is 2. The van der Waals surface area contributed by atoms with E-state index in [9.17, 15) is 19.2 Å². The number of benzene rings is 1. The SMILES string of the molecule is COC(=O)C1(C(=O)OC)Cc2cc3c(cc2C1)C(=O)C(I)=CC3=O. The van der Waals surface area contributed by atoms with Crippen molar-refractivity contribution in [2.75, 3.05) is 14.2 Å². The van der Waals surface area contributed by atoms with E-state index in [-0.39, 0.29) is 24.4 Å². The van der Waals surface area contributed by atoms with Gasteiger partial charge in [0.05, 0.1) is 17.8 Å². The van der Waals surface area contributed by atoms with E-state index in [0.717, 1.165) is 0 Å². The van der Waals surface area contributed by atoms with Crippen LogP contribution in [0.1, 0.15) is 31.8 Å². The van der Waals surface area contributed by atoms with Crippen LogP contribution in [0.4, 0.5) is 0 Å². The Labute approximate surface area is 151 Å². The highest BCUT2D eigenvalue weighted by molar-refractivity contribution is 14.1. The molecule has 0 saturated carbocycles. The van der Waals surface area contributed by atoms with Crippen molar-refractivity contribution < 1.29 is 28.7 Å². The van der Waals surface area contributed by atoms with Gasteiger partial charge < -0.3 is 9.47 Å². The molecule has 6 nitrogen and oxygen atoms in total. The van der Waals surface area contributed by atoms with Crippen LogP contribution >= 0.6 is 22.6 Å². The van der Waals surface area contributed by atoms with Crippen LogP contribution in [0.15, 0.2) is 21.8 Å². The highest BCUT2D eigenvalue weighted by atomic mass is 127. The second-order valence-corrected chi connectivity index (χ2v) is 6.93. The maximum absolute atomic E-state index is 12.3. The van der Waals surface area contributed by atoms with E-state index in [4.69, 9.17) is 9.47 Å². The lowest BCUT2D eigenvalue weighted by atomic mass is 9.85. The van der Waals surface area contributed by atoms with Gasteiger partial charge in [-0.2, -0.15) is 0 Å². The van der Waals surface area contributed by atoms with Gasteiger partial charge in [-0.05, 0) is 58.7 Å². The number of fused-ring (bicyclic) bond motifs is 2. The molecule has 7 heteroatoms. The van der Waals surface area contributed by atoms with Gasteiger partial charge in [-0.1, -0.05) is 0 Å². The predicted molar refractivity (Wildman–Crippen MR) is 91.1 cm³/mol. The molecule has 0 atom stereocenters. The minimum absolute atomic E-state index is 0.0801. The van der Waals surface area contributed by atoms with Crippen molar-refractivity contribution in [1.82, 2.24) is 0 Å². The Balaban J connectivity index is 2.11. The summed E-state index contributed by atoms with van der Waals surface area (Å²) in [7, 11) is 2.42. The summed E-state index contributed by atoms with van der Waals surface area (Å²) in [4.78, 5) is 48.9. The molecule has 2 aliphatic rings. The highest BCUT2D eigenvalue weighted by Gasteiger charge is 2.53. The molecule has 0 bridgehead atoms. The second kappa shape index (κ2) is 5.80. The van der Waals surface area contributed by atoms with Crippen LogP contribution in [0.2, 0.25) is 0 Å². The molecule has 0 amide bonds. The number of ketones is 2. The minimum atomic E-state index is -1.47. The lowest BCUT2D eigenvalue weighted by Gasteiger charge is -2.22. The Morgan fingerprint density at radius 1 is 1.00 bits per heavy atom. The van der Waals surface area contributed by atoms with E-state index < -0.39 is 17.4 Å². The first kappa shape index (κ1) is 16.8. The smallest absolute Gasteiger partial charge is 0.323 e. The summed E-state index contributed by atoms with van der Waals surface area (Å²) >= 11 is 1.83. The lowest BCUT2D eigenvalue weighted by molar-refractivity contribution is -0.168. The fraction of sp³-hybridized carbons (Fsp3) is 0.294. The van der Waals surface area contributed by atoms with Gasteiger partial charge in [-0.25, -0.2) is 0 Å². The molecule has 0 heterocycles. The molecule has 0 radical (unpaired) electrons. The molecule has 0 saturated heterocycles. The van der Waals surface area contributed by atoms with Gasteiger partial charge in [-0.3, -0.25) is 19.2 Å². The van der Waals surface area contributed by atoms with Crippen molar-refractivity contribution in [3.05, 3.63) is 44.0 Å². The lowest BCUT2D eigenvalue weighted by Crippen LogP contribution is -2.42. The normalized spacial score (nSPS) is 17.7. The quantitative estimate of drug-likeness (QED) is 0.396. The zero-order valence-electron chi connectivity index (χ0n) is 13.0. The zero-order valence-corrected chi connectivity index (χ0v) is 15.1. The first-order chi connectivity index (χ1) is 11.3. The van der Waals surface area contributed by atoms with Crippen LogP contribution in [-0.4, -0.2) is 37.7 Å². The topological polar surface area (TPSA) is 86.7 Å². The van der Waals surface area contributed by atoms with Crippen LogP contribution in [-0.2, 0) is 31.9 Å². The Hall–Kier alpha value is -2.03. The zero-order chi connectivity index (χ0) is 17.6. The third kappa shape index (κ3) is 2.29. The maximum Gasteiger partial charge on any atom is 0.323 e. The molecular formula is C17H13IO6.